The number of hydrogen-bond acceptors (Lipinski definition) is 3. The van der Waals surface area contributed by atoms with E-state index in [1.54, 1.807) is 7.05 Å². The minimum Gasteiger partial charge on any atom is -0.386 e. The van der Waals surface area contributed by atoms with Crippen molar-refractivity contribution in [3.8, 4) is 0 Å². The maximum absolute atomic E-state index is 10.2. The lowest BCUT2D eigenvalue weighted by Gasteiger charge is -2.14. The van der Waals surface area contributed by atoms with E-state index in [4.69, 9.17) is 5.73 Å². The number of hydrogen-bond donors (Lipinski definition) is 2. The highest BCUT2D eigenvalue weighted by Gasteiger charge is 2.00. The van der Waals surface area contributed by atoms with Crippen LogP contribution in [0, 0.1) is 0 Å². The fourth-order valence-electron chi connectivity index (χ4n) is 0.677. The van der Waals surface area contributed by atoms with Crippen molar-refractivity contribution in [2.75, 3.05) is 13.6 Å². The molecule has 1 amide bonds. The molecule has 0 unspecified atom stereocenters. The van der Waals surface area contributed by atoms with Gasteiger partial charge in [-0.2, -0.15) is 0 Å². The Morgan fingerprint density at radius 3 is 2.64 bits per heavy atom. The van der Waals surface area contributed by atoms with Crippen LogP contribution in [-0.2, 0) is 4.79 Å². The zero-order valence-electron chi connectivity index (χ0n) is 7.22. The van der Waals surface area contributed by atoms with Gasteiger partial charge in [-0.05, 0) is 13.8 Å². The van der Waals surface area contributed by atoms with Crippen molar-refractivity contribution < 1.29 is 4.79 Å². The van der Waals surface area contributed by atoms with E-state index in [2.05, 4.69) is 5.32 Å². The van der Waals surface area contributed by atoms with Crippen LogP contribution in [0.1, 0.15) is 13.8 Å². The molecule has 0 atom stereocenters. The summed E-state index contributed by atoms with van der Waals surface area (Å²) in [5, 5.41) is 3.01. The van der Waals surface area contributed by atoms with E-state index in [1.165, 1.54) is 4.90 Å². The molecule has 4 heteroatoms. The minimum absolute atomic E-state index is 0.460. The van der Waals surface area contributed by atoms with Crippen LogP contribution >= 0.6 is 0 Å². The van der Waals surface area contributed by atoms with Crippen LogP contribution in [0.3, 0.4) is 0 Å². The van der Waals surface area contributed by atoms with Gasteiger partial charge in [0.15, 0.2) is 0 Å². The van der Waals surface area contributed by atoms with Crippen LogP contribution in [0.25, 0.3) is 0 Å². The van der Waals surface area contributed by atoms with Gasteiger partial charge in [-0.3, -0.25) is 4.79 Å². The van der Waals surface area contributed by atoms with Crippen molar-refractivity contribution in [2.45, 2.75) is 13.8 Å². The lowest BCUT2D eigenvalue weighted by Crippen LogP contribution is -2.27. The molecular weight excluding hydrogens is 142 g/mol. The first-order valence-corrected chi connectivity index (χ1v) is 3.51. The number of carbonyl (C=O) groups is 1. The first-order chi connectivity index (χ1) is 5.13. The first-order valence-electron chi connectivity index (χ1n) is 3.51. The molecular formula is C7H15N3O. The standard InChI is InChI=1S/C7H15N3O/c1-4-9-6(2)7(8)10(3)5-11/h5,9H,4,8H2,1-3H3/b7-6+. The smallest absolute Gasteiger partial charge is 0.215 e. The van der Waals surface area contributed by atoms with Gasteiger partial charge in [0.2, 0.25) is 6.41 Å². The largest absolute Gasteiger partial charge is 0.386 e. The highest BCUT2D eigenvalue weighted by molar-refractivity contribution is 5.50. The molecule has 0 fully saturated rings. The van der Waals surface area contributed by atoms with Crippen LogP contribution < -0.4 is 11.1 Å². The van der Waals surface area contributed by atoms with Crippen molar-refractivity contribution >= 4 is 6.41 Å². The normalized spacial score (nSPS) is 11.9. The Labute approximate surface area is 67.1 Å². The molecule has 0 heterocycles. The maximum atomic E-state index is 10.2. The molecule has 0 saturated heterocycles. The molecule has 11 heavy (non-hydrogen) atoms. The number of rotatable bonds is 4. The second-order valence-electron chi connectivity index (χ2n) is 2.26. The van der Waals surface area contributed by atoms with Gasteiger partial charge in [0.25, 0.3) is 0 Å². The van der Waals surface area contributed by atoms with Gasteiger partial charge >= 0.3 is 0 Å². The van der Waals surface area contributed by atoms with Crippen molar-refractivity contribution in [1.29, 1.82) is 0 Å². The van der Waals surface area contributed by atoms with E-state index in [0.717, 1.165) is 12.2 Å². The number of carbonyl (C=O) groups excluding carboxylic acids is 1. The van der Waals surface area contributed by atoms with Gasteiger partial charge in [-0.15, -0.1) is 0 Å². The van der Waals surface area contributed by atoms with Gasteiger partial charge in [0, 0.05) is 19.3 Å². The highest BCUT2D eigenvalue weighted by Crippen LogP contribution is 1.95. The van der Waals surface area contributed by atoms with Crippen LogP contribution in [0.4, 0.5) is 0 Å². The van der Waals surface area contributed by atoms with Gasteiger partial charge in [-0.1, -0.05) is 0 Å². The lowest BCUT2D eigenvalue weighted by molar-refractivity contribution is -0.115. The molecule has 0 spiro atoms. The Hall–Kier alpha value is -1.19. The zero-order chi connectivity index (χ0) is 8.85. The number of amides is 1. The Balaban J connectivity index is 4.24. The molecule has 0 aromatic carbocycles. The molecule has 0 saturated carbocycles. The summed E-state index contributed by atoms with van der Waals surface area (Å²) in [6.07, 6.45) is 0.677. The van der Waals surface area contributed by atoms with Gasteiger partial charge < -0.3 is 16.0 Å². The Kier molecular flexibility index (Phi) is 4.10. The minimum atomic E-state index is 0.460. The molecule has 0 rings (SSSR count). The first kappa shape index (κ1) is 9.81. The number of nitrogens with zero attached hydrogens (tertiary/aromatic N) is 1. The summed E-state index contributed by atoms with van der Waals surface area (Å²) >= 11 is 0. The third kappa shape index (κ3) is 2.93. The van der Waals surface area contributed by atoms with E-state index in [0.29, 0.717) is 12.2 Å². The SMILES string of the molecule is CCN/C(C)=C(\N)N(C)C=O. The molecule has 64 valence electrons. The summed E-state index contributed by atoms with van der Waals surface area (Å²) < 4.78 is 0. The molecule has 0 aliphatic carbocycles. The number of nitrogens with two attached hydrogens (primary N) is 1. The summed E-state index contributed by atoms with van der Waals surface area (Å²) in [7, 11) is 1.61. The Bertz CT molecular complexity index is 165. The molecule has 3 N–H and O–H groups in total. The quantitative estimate of drug-likeness (QED) is 0.557. The summed E-state index contributed by atoms with van der Waals surface area (Å²) in [6, 6.07) is 0. The predicted octanol–water partition coefficient (Wildman–Crippen LogP) is -0.168. The Morgan fingerprint density at radius 2 is 2.27 bits per heavy atom. The van der Waals surface area contributed by atoms with Crippen molar-refractivity contribution in [1.82, 2.24) is 10.2 Å². The molecule has 0 aromatic rings. The van der Waals surface area contributed by atoms with E-state index in [9.17, 15) is 4.79 Å². The summed E-state index contributed by atoms with van der Waals surface area (Å²) in [5.41, 5.74) is 6.39. The molecule has 4 nitrogen and oxygen atoms in total. The maximum Gasteiger partial charge on any atom is 0.215 e. The highest BCUT2D eigenvalue weighted by atomic mass is 16.1. The topological polar surface area (TPSA) is 58.4 Å². The van der Waals surface area contributed by atoms with E-state index >= 15 is 0 Å². The average molecular weight is 157 g/mol. The van der Waals surface area contributed by atoms with E-state index in [-0.39, 0.29) is 0 Å². The third-order valence-electron chi connectivity index (χ3n) is 1.36. The Morgan fingerprint density at radius 1 is 1.73 bits per heavy atom. The van der Waals surface area contributed by atoms with Gasteiger partial charge in [0.1, 0.15) is 5.82 Å². The lowest BCUT2D eigenvalue weighted by atomic mass is 10.4. The summed E-state index contributed by atoms with van der Waals surface area (Å²) in [5.74, 6) is 0.460. The second-order valence-corrected chi connectivity index (χ2v) is 2.26. The number of nitrogens with one attached hydrogen (secondary N) is 1. The molecule has 0 radical (unpaired) electrons. The van der Waals surface area contributed by atoms with Crippen molar-refractivity contribution in [3.63, 3.8) is 0 Å². The molecule has 0 bridgehead atoms. The summed E-state index contributed by atoms with van der Waals surface area (Å²) in [4.78, 5) is 11.6. The average Bonchev–Trinajstić information content (AvgIpc) is 2.02. The van der Waals surface area contributed by atoms with Gasteiger partial charge in [0.05, 0.1) is 0 Å². The van der Waals surface area contributed by atoms with Crippen molar-refractivity contribution in [3.05, 3.63) is 11.5 Å². The second kappa shape index (κ2) is 4.60. The molecule has 0 aromatic heterocycles. The molecule has 0 aliphatic rings. The fourth-order valence-corrected chi connectivity index (χ4v) is 0.677. The number of allylic oxidation sites excluding steroid dienone is 1. The van der Waals surface area contributed by atoms with Crippen LogP contribution in [0.15, 0.2) is 11.5 Å². The predicted molar refractivity (Wildman–Crippen MR) is 44.4 cm³/mol. The van der Waals surface area contributed by atoms with Crippen molar-refractivity contribution in [2.24, 2.45) is 5.73 Å². The van der Waals surface area contributed by atoms with Crippen LogP contribution in [0.5, 0.6) is 0 Å². The third-order valence-corrected chi connectivity index (χ3v) is 1.36. The van der Waals surface area contributed by atoms with Gasteiger partial charge in [-0.25, -0.2) is 0 Å². The fraction of sp³-hybridized carbons (Fsp3) is 0.571. The van der Waals surface area contributed by atoms with E-state index in [1.807, 2.05) is 13.8 Å². The molecule has 0 aliphatic heterocycles. The van der Waals surface area contributed by atoms with Crippen LogP contribution in [-0.4, -0.2) is 24.9 Å². The summed E-state index contributed by atoms with van der Waals surface area (Å²) in [6.45, 7) is 4.61. The van der Waals surface area contributed by atoms with Crippen LogP contribution in [0.2, 0.25) is 0 Å². The zero-order valence-corrected chi connectivity index (χ0v) is 7.22. The monoisotopic (exact) mass is 157 g/mol. The van der Waals surface area contributed by atoms with E-state index < -0.39 is 0 Å².